The molecule has 0 saturated carbocycles. The van der Waals surface area contributed by atoms with Crippen molar-refractivity contribution >= 4 is 11.6 Å². The number of halogens is 2. The maximum Gasteiger partial charge on any atom is 0.257 e. The number of hydrogen-bond donors (Lipinski definition) is 2. The highest BCUT2D eigenvalue weighted by atomic mass is 19.1. The molecule has 100 valence electrons. The molecule has 5 nitrogen and oxygen atoms in total. The van der Waals surface area contributed by atoms with Crippen molar-refractivity contribution in [1.29, 1.82) is 0 Å². The molecule has 0 aliphatic heterocycles. The lowest BCUT2D eigenvalue weighted by Gasteiger charge is -2.16. The minimum atomic E-state index is -0.919. The van der Waals surface area contributed by atoms with Crippen LogP contribution in [-0.4, -0.2) is 27.8 Å². The number of amides is 1. The zero-order chi connectivity index (χ0) is 14.0. The van der Waals surface area contributed by atoms with E-state index in [0.717, 1.165) is 12.1 Å². The second-order valence-electron chi connectivity index (χ2n) is 4.05. The quantitative estimate of drug-likeness (QED) is 0.827. The Kier molecular flexibility index (Phi) is 3.46. The van der Waals surface area contributed by atoms with Crippen molar-refractivity contribution in [3.05, 3.63) is 47.5 Å². The molecule has 0 saturated heterocycles. The molecule has 19 heavy (non-hydrogen) atoms. The van der Waals surface area contributed by atoms with Crippen LogP contribution in [0.2, 0.25) is 0 Å². The molecule has 0 spiro atoms. The van der Waals surface area contributed by atoms with E-state index in [9.17, 15) is 13.6 Å². The molecular weight excluding hydrogens is 254 g/mol. The van der Waals surface area contributed by atoms with Crippen molar-refractivity contribution in [2.24, 2.45) is 0 Å². The first-order valence-corrected chi connectivity index (χ1v) is 5.47. The van der Waals surface area contributed by atoms with Crippen molar-refractivity contribution < 1.29 is 13.6 Å². The average molecular weight is 266 g/mol. The van der Waals surface area contributed by atoms with Crippen LogP contribution in [0.3, 0.4) is 0 Å². The molecule has 0 unspecified atom stereocenters. The molecule has 0 radical (unpaired) electrons. The monoisotopic (exact) mass is 266 g/mol. The summed E-state index contributed by atoms with van der Waals surface area (Å²) in [5.41, 5.74) is 4.50. The summed E-state index contributed by atoms with van der Waals surface area (Å²) < 4.78 is 26.9. The Balaban J connectivity index is 2.24. The van der Waals surface area contributed by atoms with E-state index in [1.165, 1.54) is 18.1 Å². The summed E-state index contributed by atoms with van der Waals surface area (Å²) in [4.78, 5) is 20.0. The van der Waals surface area contributed by atoms with Gasteiger partial charge in [-0.2, -0.15) is 0 Å². The van der Waals surface area contributed by atoms with Gasteiger partial charge in [0.05, 0.1) is 17.8 Å². The van der Waals surface area contributed by atoms with Crippen LogP contribution in [0.1, 0.15) is 16.2 Å². The van der Waals surface area contributed by atoms with Gasteiger partial charge in [-0.1, -0.05) is 0 Å². The molecule has 2 aromatic rings. The van der Waals surface area contributed by atoms with Gasteiger partial charge in [0.25, 0.3) is 5.91 Å². The summed E-state index contributed by atoms with van der Waals surface area (Å²) >= 11 is 0. The lowest BCUT2D eigenvalue weighted by atomic mass is 10.1. The minimum absolute atomic E-state index is 0.154. The summed E-state index contributed by atoms with van der Waals surface area (Å²) in [5.74, 6) is -1.80. The van der Waals surface area contributed by atoms with E-state index in [1.54, 1.807) is 6.20 Å². The van der Waals surface area contributed by atoms with Crippen molar-refractivity contribution in [1.82, 2.24) is 14.9 Å². The third-order valence-corrected chi connectivity index (χ3v) is 2.58. The fourth-order valence-electron chi connectivity index (χ4n) is 1.65. The van der Waals surface area contributed by atoms with E-state index < -0.39 is 28.8 Å². The fraction of sp³-hybridized carbons (Fsp3) is 0.167. The number of anilines is 1. The van der Waals surface area contributed by atoms with Gasteiger partial charge in [0.1, 0.15) is 11.6 Å². The third kappa shape index (κ3) is 2.70. The number of hydrogen-bond acceptors (Lipinski definition) is 3. The number of nitrogens with two attached hydrogens (primary N) is 1. The Hall–Kier alpha value is -2.44. The molecule has 7 heteroatoms. The number of aromatic nitrogens is 2. The summed E-state index contributed by atoms with van der Waals surface area (Å²) in [6.07, 6.45) is 3.14. The first-order valence-electron chi connectivity index (χ1n) is 5.47. The van der Waals surface area contributed by atoms with Crippen LogP contribution in [0, 0.1) is 11.6 Å². The molecule has 1 amide bonds. The van der Waals surface area contributed by atoms with Crippen LogP contribution in [-0.2, 0) is 6.54 Å². The largest absolute Gasteiger partial charge is 0.396 e. The molecule has 1 aromatic carbocycles. The third-order valence-electron chi connectivity index (χ3n) is 2.58. The van der Waals surface area contributed by atoms with Gasteiger partial charge in [0.15, 0.2) is 5.82 Å². The van der Waals surface area contributed by atoms with Crippen LogP contribution >= 0.6 is 0 Å². The lowest BCUT2D eigenvalue weighted by molar-refractivity contribution is 0.0777. The fourth-order valence-corrected chi connectivity index (χ4v) is 1.65. The maximum absolute atomic E-state index is 13.7. The van der Waals surface area contributed by atoms with Crippen molar-refractivity contribution in [3.8, 4) is 0 Å². The van der Waals surface area contributed by atoms with Crippen LogP contribution in [0.15, 0.2) is 24.5 Å². The highest BCUT2D eigenvalue weighted by molar-refractivity contribution is 5.95. The van der Waals surface area contributed by atoms with Gasteiger partial charge in [-0.3, -0.25) is 4.79 Å². The number of nitrogens with one attached hydrogen (secondary N) is 1. The van der Waals surface area contributed by atoms with E-state index in [2.05, 4.69) is 9.97 Å². The van der Waals surface area contributed by atoms with Crippen LogP contribution in [0.5, 0.6) is 0 Å². The average Bonchev–Trinajstić information content (AvgIpc) is 2.85. The van der Waals surface area contributed by atoms with Crippen molar-refractivity contribution in [3.63, 3.8) is 0 Å². The first-order chi connectivity index (χ1) is 8.99. The topological polar surface area (TPSA) is 75.0 Å². The lowest BCUT2D eigenvalue weighted by Crippen LogP contribution is -2.28. The van der Waals surface area contributed by atoms with E-state index >= 15 is 0 Å². The molecule has 0 bridgehead atoms. The Morgan fingerprint density at radius 3 is 2.84 bits per heavy atom. The van der Waals surface area contributed by atoms with Gasteiger partial charge in [0.2, 0.25) is 0 Å². The van der Waals surface area contributed by atoms with E-state index in [0.29, 0.717) is 5.82 Å². The van der Waals surface area contributed by atoms with Gasteiger partial charge in [-0.05, 0) is 12.1 Å². The predicted molar refractivity (Wildman–Crippen MR) is 65.2 cm³/mol. The predicted octanol–water partition coefficient (Wildman–Crippen LogP) is 1.54. The van der Waals surface area contributed by atoms with E-state index in [4.69, 9.17) is 5.73 Å². The standard InChI is InChI=1S/C12H12F2N4O/c1-18(6-10-16-2-3-17-10)12(19)8-4-7(13)5-9(15)11(8)14/h2-5H,6,15H2,1H3,(H,16,17). The second-order valence-corrected chi connectivity index (χ2v) is 4.05. The molecule has 2 rings (SSSR count). The first kappa shape index (κ1) is 13.0. The van der Waals surface area contributed by atoms with Crippen LogP contribution in [0.25, 0.3) is 0 Å². The molecule has 1 aromatic heterocycles. The number of benzene rings is 1. The number of carbonyl (C=O) groups is 1. The highest BCUT2D eigenvalue weighted by Gasteiger charge is 2.20. The van der Waals surface area contributed by atoms with Crippen molar-refractivity contribution in [2.45, 2.75) is 6.54 Å². The van der Waals surface area contributed by atoms with Crippen LogP contribution < -0.4 is 5.73 Å². The molecule has 0 fully saturated rings. The second kappa shape index (κ2) is 5.05. The van der Waals surface area contributed by atoms with E-state index in [1.807, 2.05) is 0 Å². The number of nitrogen functional groups attached to an aromatic ring is 1. The molecule has 0 atom stereocenters. The van der Waals surface area contributed by atoms with Crippen molar-refractivity contribution in [2.75, 3.05) is 12.8 Å². The Labute approximate surface area is 108 Å². The van der Waals surface area contributed by atoms with Gasteiger partial charge in [-0.25, -0.2) is 13.8 Å². The van der Waals surface area contributed by atoms with Gasteiger partial charge < -0.3 is 15.6 Å². The molecule has 1 heterocycles. The number of imidazole rings is 1. The minimum Gasteiger partial charge on any atom is -0.396 e. The normalized spacial score (nSPS) is 10.5. The molecule has 0 aliphatic carbocycles. The number of carbonyl (C=O) groups excluding carboxylic acids is 1. The van der Waals surface area contributed by atoms with Gasteiger partial charge in [0, 0.05) is 19.4 Å². The Morgan fingerprint density at radius 2 is 2.21 bits per heavy atom. The summed E-state index contributed by atoms with van der Waals surface area (Å²) in [6.45, 7) is 0.154. The molecule has 3 N–H and O–H groups in total. The summed E-state index contributed by atoms with van der Waals surface area (Å²) in [7, 11) is 1.46. The molecule has 0 aliphatic rings. The smallest absolute Gasteiger partial charge is 0.257 e. The highest BCUT2D eigenvalue weighted by Crippen LogP contribution is 2.19. The number of rotatable bonds is 3. The van der Waals surface area contributed by atoms with E-state index in [-0.39, 0.29) is 6.54 Å². The van der Waals surface area contributed by atoms with Crippen LogP contribution in [0.4, 0.5) is 14.5 Å². The summed E-state index contributed by atoms with van der Waals surface area (Å²) in [6, 6.07) is 1.66. The Bertz CT molecular complexity index is 598. The molecular formula is C12H12F2N4O. The zero-order valence-electron chi connectivity index (χ0n) is 10.2. The summed E-state index contributed by atoms with van der Waals surface area (Å²) in [5, 5.41) is 0. The number of H-pyrrole nitrogens is 1. The number of aromatic amines is 1. The van der Waals surface area contributed by atoms with Gasteiger partial charge in [-0.15, -0.1) is 0 Å². The maximum atomic E-state index is 13.7. The SMILES string of the molecule is CN(Cc1ncc[nH]1)C(=O)c1cc(F)cc(N)c1F. The number of nitrogens with zero attached hydrogens (tertiary/aromatic N) is 2. The zero-order valence-corrected chi connectivity index (χ0v) is 10.2. The Morgan fingerprint density at radius 1 is 1.47 bits per heavy atom. The van der Waals surface area contributed by atoms with Gasteiger partial charge >= 0.3 is 0 Å².